The largest absolute Gasteiger partial charge is 0.473 e. The highest BCUT2D eigenvalue weighted by Gasteiger charge is 2.01. The van der Waals surface area contributed by atoms with Crippen LogP contribution in [0.25, 0.3) is 0 Å². The molecule has 29 heavy (non-hydrogen) atoms. The molecule has 3 aromatic rings. The fraction of sp³-hybridized carbons (Fsp3) is 0.318. The number of nitrogens with zero attached hydrogens (tertiary/aromatic N) is 4. The number of pyridine rings is 1. The lowest BCUT2D eigenvalue weighted by Gasteiger charge is -2.11. The van der Waals surface area contributed by atoms with E-state index in [1.807, 2.05) is 59.4 Å². The number of benzene rings is 1. The Bertz CT molecular complexity index is 864. The second-order valence-electron chi connectivity index (χ2n) is 6.52. The van der Waals surface area contributed by atoms with Gasteiger partial charge in [0, 0.05) is 44.3 Å². The molecule has 2 N–H and O–H groups in total. The van der Waals surface area contributed by atoms with Gasteiger partial charge < -0.3 is 15.4 Å². The predicted octanol–water partition coefficient (Wildman–Crippen LogP) is 3.00. The number of rotatable bonds is 10. The molecule has 0 atom stereocenters. The van der Waals surface area contributed by atoms with Crippen molar-refractivity contribution in [3.8, 4) is 5.88 Å². The lowest BCUT2D eigenvalue weighted by molar-refractivity contribution is 0.293. The van der Waals surface area contributed by atoms with Crippen LogP contribution < -0.4 is 15.4 Å². The first-order chi connectivity index (χ1) is 14.3. The number of nitrogens with one attached hydrogen (secondary N) is 2. The van der Waals surface area contributed by atoms with E-state index >= 15 is 0 Å². The second-order valence-corrected chi connectivity index (χ2v) is 6.52. The van der Waals surface area contributed by atoms with Crippen molar-refractivity contribution < 1.29 is 4.74 Å². The summed E-state index contributed by atoms with van der Waals surface area (Å²) in [6.07, 6.45) is 6.50. The molecule has 0 aliphatic carbocycles. The van der Waals surface area contributed by atoms with E-state index in [1.54, 1.807) is 12.4 Å². The van der Waals surface area contributed by atoms with Crippen LogP contribution in [0.1, 0.15) is 24.5 Å². The molecule has 0 amide bonds. The van der Waals surface area contributed by atoms with Gasteiger partial charge in [0.15, 0.2) is 5.96 Å². The normalized spacial score (nSPS) is 11.3. The molecule has 0 radical (unpaired) electrons. The summed E-state index contributed by atoms with van der Waals surface area (Å²) < 4.78 is 7.73. The summed E-state index contributed by atoms with van der Waals surface area (Å²) in [7, 11) is 0. The maximum atomic E-state index is 5.80. The molecule has 3 rings (SSSR count). The molecule has 1 aromatic carbocycles. The molecule has 0 fully saturated rings. The van der Waals surface area contributed by atoms with E-state index in [1.165, 1.54) is 0 Å². The Kier molecular flexibility index (Phi) is 8.07. The van der Waals surface area contributed by atoms with Crippen LogP contribution in [-0.4, -0.2) is 33.8 Å². The Morgan fingerprint density at radius 2 is 1.97 bits per heavy atom. The third-order valence-corrected chi connectivity index (χ3v) is 4.21. The van der Waals surface area contributed by atoms with Gasteiger partial charge in [-0.15, -0.1) is 0 Å². The first kappa shape index (κ1) is 20.4. The number of guanidine groups is 1. The molecule has 2 heterocycles. The van der Waals surface area contributed by atoms with E-state index in [9.17, 15) is 0 Å². The van der Waals surface area contributed by atoms with Crippen molar-refractivity contribution >= 4 is 5.96 Å². The standard InChI is InChI=1S/C22H28N6O/c1-2-23-22(25-11-6-14-28-15-7-12-27-28)26-17-20-10-13-24-21(16-20)29-18-19-8-4-3-5-9-19/h3-5,7-10,12-13,15-16H,2,6,11,14,17-18H2,1H3,(H2,23,25,26). The fourth-order valence-corrected chi connectivity index (χ4v) is 2.75. The molecule has 0 saturated carbocycles. The Labute approximate surface area is 171 Å². The third-order valence-electron chi connectivity index (χ3n) is 4.21. The summed E-state index contributed by atoms with van der Waals surface area (Å²) in [4.78, 5) is 8.96. The number of aliphatic imine (C=N–C) groups is 1. The molecule has 7 nitrogen and oxygen atoms in total. The van der Waals surface area contributed by atoms with Gasteiger partial charge in [0.2, 0.25) is 5.88 Å². The molecule has 2 aromatic heterocycles. The highest BCUT2D eigenvalue weighted by atomic mass is 16.5. The summed E-state index contributed by atoms with van der Waals surface area (Å²) in [6.45, 7) is 5.63. The van der Waals surface area contributed by atoms with Crippen LogP contribution in [0, 0.1) is 0 Å². The Hall–Kier alpha value is -3.35. The van der Waals surface area contributed by atoms with Gasteiger partial charge >= 0.3 is 0 Å². The van der Waals surface area contributed by atoms with Crippen molar-refractivity contribution in [2.45, 2.75) is 33.0 Å². The molecule has 0 saturated heterocycles. The minimum Gasteiger partial charge on any atom is -0.473 e. The molecule has 0 spiro atoms. The van der Waals surface area contributed by atoms with E-state index in [2.05, 4.69) is 32.6 Å². The van der Waals surface area contributed by atoms with Gasteiger partial charge in [-0.2, -0.15) is 5.10 Å². The molecule has 7 heteroatoms. The summed E-state index contributed by atoms with van der Waals surface area (Å²) in [5.41, 5.74) is 2.17. The van der Waals surface area contributed by atoms with Gasteiger partial charge in [0.1, 0.15) is 6.61 Å². The zero-order valence-electron chi connectivity index (χ0n) is 16.8. The molecule has 152 valence electrons. The molecule has 0 aliphatic rings. The summed E-state index contributed by atoms with van der Waals surface area (Å²) in [5, 5.41) is 10.9. The minimum absolute atomic E-state index is 0.501. The number of aryl methyl sites for hydroxylation is 1. The zero-order chi connectivity index (χ0) is 20.2. The number of hydrogen-bond donors (Lipinski definition) is 2. The quantitative estimate of drug-likeness (QED) is 0.315. The predicted molar refractivity (Wildman–Crippen MR) is 115 cm³/mol. The SMILES string of the molecule is CCNC(=NCc1ccnc(OCc2ccccc2)c1)NCCCn1cccn1. The maximum absolute atomic E-state index is 5.80. The molecular weight excluding hydrogens is 364 g/mol. The zero-order valence-corrected chi connectivity index (χ0v) is 16.8. The van der Waals surface area contributed by atoms with Crippen molar-refractivity contribution in [3.63, 3.8) is 0 Å². The molecule has 0 bridgehead atoms. The highest BCUT2D eigenvalue weighted by molar-refractivity contribution is 5.79. The summed E-state index contributed by atoms with van der Waals surface area (Å²) in [5.74, 6) is 1.41. The number of ether oxygens (including phenoxy) is 1. The van der Waals surface area contributed by atoms with Gasteiger partial charge in [0.05, 0.1) is 6.54 Å². The van der Waals surface area contributed by atoms with E-state index in [-0.39, 0.29) is 0 Å². The van der Waals surface area contributed by atoms with Crippen molar-refractivity contribution in [1.29, 1.82) is 0 Å². The maximum Gasteiger partial charge on any atom is 0.213 e. The fourth-order valence-electron chi connectivity index (χ4n) is 2.75. The average molecular weight is 393 g/mol. The summed E-state index contributed by atoms with van der Waals surface area (Å²) >= 11 is 0. The van der Waals surface area contributed by atoms with Crippen LogP contribution in [-0.2, 0) is 19.7 Å². The van der Waals surface area contributed by atoms with Gasteiger partial charge in [-0.3, -0.25) is 4.68 Å². The summed E-state index contributed by atoms with van der Waals surface area (Å²) in [6, 6.07) is 15.9. The van der Waals surface area contributed by atoms with E-state index in [0.717, 1.165) is 43.1 Å². The third kappa shape index (κ3) is 7.29. The van der Waals surface area contributed by atoms with Crippen LogP contribution in [0.4, 0.5) is 0 Å². The second kappa shape index (κ2) is 11.5. The minimum atomic E-state index is 0.501. The Balaban J connectivity index is 1.48. The molecule has 0 unspecified atom stereocenters. The smallest absolute Gasteiger partial charge is 0.213 e. The molecular formula is C22H28N6O. The number of aromatic nitrogens is 3. The topological polar surface area (TPSA) is 76.4 Å². The highest BCUT2D eigenvalue weighted by Crippen LogP contribution is 2.12. The van der Waals surface area contributed by atoms with E-state index in [4.69, 9.17) is 4.74 Å². The van der Waals surface area contributed by atoms with Crippen LogP contribution in [0.5, 0.6) is 5.88 Å². The lowest BCUT2D eigenvalue weighted by atomic mass is 10.2. The molecule has 0 aliphatic heterocycles. The van der Waals surface area contributed by atoms with Crippen molar-refractivity contribution in [2.24, 2.45) is 4.99 Å². The van der Waals surface area contributed by atoms with Gasteiger partial charge in [0.25, 0.3) is 0 Å². The lowest BCUT2D eigenvalue weighted by Crippen LogP contribution is -2.38. The van der Waals surface area contributed by atoms with Crippen LogP contribution in [0.2, 0.25) is 0 Å². The van der Waals surface area contributed by atoms with Crippen LogP contribution in [0.3, 0.4) is 0 Å². The van der Waals surface area contributed by atoms with E-state index < -0.39 is 0 Å². The van der Waals surface area contributed by atoms with Crippen molar-refractivity contribution in [3.05, 3.63) is 78.2 Å². The van der Waals surface area contributed by atoms with Gasteiger partial charge in [-0.1, -0.05) is 30.3 Å². The number of hydrogen-bond acceptors (Lipinski definition) is 4. The van der Waals surface area contributed by atoms with Crippen molar-refractivity contribution in [1.82, 2.24) is 25.4 Å². The Morgan fingerprint density at radius 1 is 1.07 bits per heavy atom. The van der Waals surface area contributed by atoms with Crippen LogP contribution in [0.15, 0.2) is 72.1 Å². The van der Waals surface area contributed by atoms with Crippen molar-refractivity contribution in [2.75, 3.05) is 13.1 Å². The first-order valence-corrected chi connectivity index (χ1v) is 9.95. The first-order valence-electron chi connectivity index (χ1n) is 9.95. The van der Waals surface area contributed by atoms with Gasteiger partial charge in [-0.05, 0) is 36.6 Å². The van der Waals surface area contributed by atoms with E-state index in [0.29, 0.717) is 19.0 Å². The Morgan fingerprint density at radius 3 is 2.76 bits per heavy atom. The van der Waals surface area contributed by atoms with Crippen LogP contribution >= 0.6 is 0 Å². The monoisotopic (exact) mass is 392 g/mol. The average Bonchev–Trinajstić information content (AvgIpc) is 3.28. The van der Waals surface area contributed by atoms with Gasteiger partial charge in [-0.25, -0.2) is 9.98 Å².